The predicted molar refractivity (Wildman–Crippen MR) is 64.5 cm³/mol. The van der Waals surface area contributed by atoms with Crippen molar-refractivity contribution >= 4 is 11.8 Å². The van der Waals surface area contributed by atoms with E-state index in [-0.39, 0.29) is 17.9 Å². The van der Waals surface area contributed by atoms with Crippen LogP contribution in [0, 0.1) is 0 Å². The van der Waals surface area contributed by atoms with Crippen LogP contribution in [0.15, 0.2) is 0 Å². The van der Waals surface area contributed by atoms with Crippen molar-refractivity contribution in [2.24, 2.45) is 0 Å². The quantitative estimate of drug-likeness (QED) is 0.547. The summed E-state index contributed by atoms with van der Waals surface area (Å²) in [5.74, 6) is -0.612. The fraction of sp³-hybridized carbons (Fsp3) is 0.833. The van der Waals surface area contributed by atoms with Gasteiger partial charge in [0.15, 0.2) is 0 Å². The van der Waals surface area contributed by atoms with Gasteiger partial charge in [-0.3, -0.25) is 9.59 Å². The van der Waals surface area contributed by atoms with E-state index in [0.29, 0.717) is 13.1 Å². The molecular formula is C12H21N3O2. The Bertz CT molecular complexity index is 306. The van der Waals surface area contributed by atoms with Gasteiger partial charge in [0.05, 0.1) is 6.04 Å². The second-order valence-corrected chi connectivity index (χ2v) is 4.81. The van der Waals surface area contributed by atoms with E-state index in [1.165, 1.54) is 0 Å². The molecule has 1 N–H and O–H groups in total. The molecule has 1 atom stereocenters. The number of unbranched alkanes of at least 4 members (excludes halogenated alkanes) is 2. The third kappa shape index (κ3) is 2.60. The lowest BCUT2D eigenvalue weighted by Crippen LogP contribution is -2.65. The Balaban J connectivity index is 1.95. The first-order valence-electron chi connectivity index (χ1n) is 6.54. The highest BCUT2D eigenvalue weighted by Crippen LogP contribution is 2.14. The molecule has 0 aromatic carbocycles. The van der Waals surface area contributed by atoms with Crippen molar-refractivity contribution in [3.8, 4) is 0 Å². The Morgan fingerprint density at radius 1 is 1.29 bits per heavy atom. The van der Waals surface area contributed by atoms with Gasteiger partial charge < -0.3 is 15.1 Å². The van der Waals surface area contributed by atoms with Crippen LogP contribution in [-0.4, -0.2) is 60.4 Å². The van der Waals surface area contributed by atoms with E-state index in [1.54, 1.807) is 9.80 Å². The van der Waals surface area contributed by atoms with Gasteiger partial charge in [0.25, 0.3) is 0 Å². The molecule has 0 aromatic heterocycles. The van der Waals surface area contributed by atoms with Gasteiger partial charge in [0, 0.05) is 32.7 Å². The Kier molecular flexibility index (Phi) is 3.99. The molecular weight excluding hydrogens is 218 g/mol. The van der Waals surface area contributed by atoms with Crippen molar-refractivity contribution in [2.45, 2.75) is 32.2 Å². The first-order valence-corrected chi connectivity index (χ1v) is 6.54. The van der Waals surface area contributed by atoms with Crippen molar-refractivity contribution in [3.63, 3.8) is 0 Å². The van der Waals surface area contributed by atoms with E-state index in [1.807, 2.05) is 0 Å². The van der Waals surface area contributed by atoms with E-state index in [9.17, 15) is 9.59 Å². The Morgan fingerprint density at radius 3 is 2.88 bits per heavy atom. The second kappa shape index (κ2) is 5.49. The van der Waals surface area contributed by atoms with Crippen LogP contribution in [-0.2, 0) is 9.59 Å². The number of rotatable bonds is 4. The van der Waals surface area contributed by atoms with Gasteiger partial charge in [-0.05, 0) is 6.42 Å². The maximum Gasteiger partial charge on any atom is 0.312 e. The number of nitrogens with zero attached hydrogens (tertiary/aromatic N) is 2. The van der Waals surface area contributed by atoms with Crippen LogP contribution in [0.3, 0.4) is 0 Å². The molecule has 2 rings (SSSR count). The van der Waals surface area contributed by atoms with Crippen LogP contribution in [0.4, 0.5) is 0 Å². The first kappa shape index (κ1) is 12.4. The summed E-state index contributed by atoms with van der Waals surface area (Å²) in [6.45, 7) is 5.83. The van der Waals surface area contributed by atoms with Gasteiger partial charge in [0.2, 0.25) is 0 Å². The minimum atomic E-state index is -0.306. The molecule has 0 aromatic rings. The molecule has 0 spiro atoms. The Labute approximate surface area is 102 Å². The van der Waals surface area contributed by atoms with E-state index >= 15 is 0 Å². The van der Waals surface area contributed by atoms with Gasteiger partial charge in [-0.2, -0.15) is 0 Å². The zero-order valence-electron chi connectivity index (χ0n) is 10.4. The molecule has 2 fully saturated rings. The summed E-state index contributed by atoms with van der Waals surface area (Å²) < 4.78 is 0. The monoisotopic (exact) mass is 239 g/mol. The van der Waals surface area contributed by atoms with E-state index in [2.05, 4.69) is 12.2 Å². The molecule has 17 heavy (non-hydrogen) atoms. The number of carbonyl (C=O) groups excluding carboxylic acids is 2. The highest BCUT2D eigenvalue weighted by atomic mass is 16.2. The maximum absolute atomic E-state index is 11.9. The number of piperazine rings is 2. The normalized spacial score (nSPS) is 25.1. The largest absolute Gasteiger partial charge is 0.332 e. The highest BCUT2D eigenvalue weighted by molar-refractivity contribution is 6.35. The third-order valence-corrected chi connectivity index (χ3v) is 3.54. The fourth-order valence-corrected chi connectivity index (χ4v) is 2.53. The molecule has 2 heterocycles. The summed E-state index contributed by atoms with van der Waals surface area (Å²) in [5, 5.41) is 3.28. The van der Waals surface area contributed by atoms with Gasteiger partial charge >= 0.3 is 11.8 Å². The SMILES string of the molecule is CCCCCN1CC2CNCCN2C(=O)C1=O. The third-order valence-electron chi connectivity index (χ3n) is 3.54. The summed E-state index contributed by atoms with van der Waals surface area (Å²) in [6, 6.07) is 0.176. The molecule has 2 saturated heterocycles. The molecule has 0 aliphatic carbocycles. The zero-order valence-corrected chi connectivity index (χ0v) is 10.4. The molecule has 1 unspecified atom stereocenters. The van der Waals surface area contributed by atoms with Gasteiger partial charge in [-0.15, -0.1) is 0 Å². The van der Waals surface area contributed by atoms with Crippen LogP contribution in [0.5, 0.6) is 0 Å². The lowest BCUT2D eigenvalue weighted by atomic mass is 10.1. The smallest absolute Gasteiger partial charge is 0.312 e. The van der Waals surface area contributed by atoms with Gasteiger partial charge in [-0.1, -0.05) is 19.8 Å². The molecule has 2 aliphatic heterocycles. The number of hydrogen-bond acceptors (Lipinski definition) is 3. The highest BCUT2D eigenvalue weighted by Gasteiger charge is 2.39. The molecule has 2 amide bonds. The van der Waals surface area contributed by atoms with Crippen molar-refractivity contribution < 1.29 is 9.59 Å². The Morgan fingerprint density at radius 2 is 2.12 bits per heavy atom. The zero-order chi connectivity index (χ0) is 12.3. The lowest BCUT2D eigenvalue weighted by Gasteiger charge is -2.43. The summed E-state index contributed by atoms with van der Waals surface area (Å²) in [4.78, 5) is 27.3. The summed E-state index contributed by atoms with van der Waals surface area (Å²) in [7, 11) is 0. The minimum Gasteiger partial charge on any atom is -0.332 e. The van der Waals surface area contributed by atoms with Crippen LogP contribution in [0.1, 0.15) is 26.2 Å². The van der Waals surface area contributed by atoms with E-state index < -0.39 is 0 Å². The van der Waals surface area contributed by atoms with Crippen LogP contribution >= 0.6 is 0 Å². The lowest BCUT2D eigenvalue weighted by molar-refractivity contribution is -0.159. The number of amides is 2. The second-order valence-electron chi connectivity index (χ2n) is 4.81. The summed E-state index contributed by atoms with van der Waals surface area (Å²) in [6.07, 6.45) is 3.24. The molecule has 5 nitrogen and oxygen atoms in total. The van der Waals surface area contributed by atoms with Crippen molar-refractivity contribution in [3.05, 3.63) is 0 Å². The van der Waals surface area contributed by atoms with Crippen molar-refractivity contribution in [1.29, 1.82) is 0 Å². The number of carbonyl (C=O) groups is 2. The molecule has 0 radical (unpaired) electrons. The van der Waals surface area contributed by atoms with Crippen molar-refractivity contribution in [1.82, 2.24) is 15.1 Å². The molecule has 0 saturated carbocycles. The van der Waals surface area contributed by atoms with E-state index in [4.69, 9.17) is 0 Å². The average Bonchev–Trinajstić information content (AvgIpc) is 2.35. The average molecular weight is 239 g/mol. The van der Waals surface area contributed by atoms with Crippen LogP contribution in [0.2, 0.25) is 0 Å². The molecule has 0 bridgehead atoms. The number of fused-ring (bicyclic) bond motifs is 1. The van der Waals surface area contributed by atoms with Gasteiger partial charge in [0.1, 0.15) is 0 Å². The first-order chi connectivity index (χ1) is 8.24. The summed E-state index contributed by atoms with van der Waals surface area (Å²) >= 11 is 0. The van der Waals surface area contributed by atoms with Crippen LogP contribution < -0.4 is 5.32 Å². The van der Waals surface area contributed by atoms with Crippen LogP contribution in [0.25, 0.3) is 0 Å². The maximum atomic E-state index is 11.9. The topological polar surface area (TPSA) is 52.6 Å². The standard InChI is InChI=1S/C12H21N3O2/c1-2-3-4-6-14-9-10-8-13-5-7-15(10)12(17)11(14)16/h10,13H,2-9H2,1H3. The van der Waals surface area contributed by atoms with E-state index in [0.717, 1.165) is 38.9 Å². The number of hydrogen-bond donors (Lipinski definition) is 1. The fourth-order valence-electron chi connectivity index (χ4n) is 2.53. The molecule has 96 valence electrons. The molecule has 5 heteroatoms. The van der Waals surface area contributed by atoms with Gasteiger partial charge in [-0.25, -0.2) is 0 Å². The van der Waals surface area contributed by atoms with Crippen molar-refractivity contribution in [2.75, 3.05) is 32.7 Å². The Hall–Kier alpha value is -1.10. The predicted octanol–water partition coefficient (Wildman–Crippen LogP) is -0.181. The minimum absolute atomic E-state index is 0.176. The molecule has 2 aliphatic rings. The summed E-state index contributed by atoms with van der Waals surface area (Å²) in [5.41, 5.74) is 0. The number of nitrogens with one attached hydrogen (secondary N) is 1.